The van der Waals surface area contributed by atoms with Crippen molar-refractivity contribution in [1.82, 2.24) is 10.2 Å². The highest BCUT2D eigenvalue weighted by Crippen LogP contribution is 2.26. The Bertz CT molecular complexity index is 789. The van der Waals surface area contributed by atoms with E-state index in [1.165, 1.54) is 18.0 Å². The van der Waals surface area contributed by atoms with Gasteiger partial charge in [-0.05, 0) is 12.1 Å². The first-order valence-corrected chi connectivity index (χ1v) is 8.37. The molecule has 2 rings (SSSR count). The van der Waals surface area contributed by atoms with Crippen LogP contribution in [0, 0.1) is 0 Å². The first-order valence-electron chi connectivity index (χ1n) is 6.93. The lowest BCUT2D eigenvalue weighted by molar-refractivity contribution is -0.146. The number of amidine groups is 1. The van der Waals surface area contributed by atoms with Gasteiger partial charge in [0.15, 0.2) is 11.9 Å². The number of rotatable bonds is 5. The number of likely N-dealkylation sites (N-methyl/N-ethyl adjacent to an activating group) is 1. The molecule has 1 aliphatic rings. The number of aliphatic hydroxyl groups is 1. The Hall–Kier alpha value is -2.46. The van der Waals surface area contributed by atoms with Gasteiger partial charge in [0.1, 0.15) is 4.90 Å². The van der Waals surface area contributed by atoms with Crippen LogP contribution in [0.3, 0.4) is 0 Å². The van der Waals surface area contributed by atoms with Crippen molar-refractivity contribution in [3.05, 3.63) is 29.8 Å². The number of fused-ring (bicyclic) bond motifs is 1. The van der Waals surface area contributed by atoms with Crippen molar-refractivity contribution in [3.8, 4) is 0 Å². The molecular formula is C14H17N3O6S. The summed E-state index contributed by atoms with van der Waals surface area (Å²) in [6.07, 6.45) is 0. The number of ether oxygens (including phenoxy) is 1. The van der Waals surface area contributed by atoms with Gasteiger partial charge >= 0.3 is 5.97 Å². The summed E-state index contributed by atoms with van der Waals surface area (Å²) in [5.74, 6) is -1.23. The molecule has 1 aromatic rings. The number of hydrogen-bond acceptors (Lipinski definition) is 7. The van der Waals surface area contributed by atoms with E-state index in [4.69, 9.17) is 5.11 Å². The Balaban J connectivity index is 2.12. The summed E-state index contributed by atoms with van der Waals surface area (Å²) < 4.78 is 32.1. The highest BCUT2D eigenvalue weighted by Gasteiger charge is 2.31. The van der Waals surface area contributed by atoms with E-state index in [2.05, 4.69) is 14.5 Å². The maximum Gasteiger partial charge on any atom is 0.330 e. The second kappa shape index (κ2) is 6.97. The maximum absolute atomic E-state index is 12.0. The van der Waals surface area contributed by atoms with Crippen molar-refractivity contribution < 1.29 is 27.9 Å². The normalized spacial score (nSPS) is 15.9. The molecule has 1 heterocycles. The predicted molar refractivity (Wildman–Crippen MR) is 83.8 cm³/mol. The number of carbonyl (C=O) groups excluding carboxylic acids is 2. The van der Waals surface area contributed by atoms with Gasteiger partial charge in [0, 0.05) is 12.6 Å². The number of aliphatic hydroxyl groups excluding tert-OH is 1. The second-order valence-corrected chi connectivity index (χ2v) is 6.64. The molecule has 0 unspecified atom stereocenters. The van der Waals surface area contributed by atoms with E-state index in [0.29, 0.717) is 5.56 Å². The van der Waals surface area contributed by atoms with Crippen LogP contribution in [-0.2, 0) is 24.3 Å². The Morgan fingerprint density at radius 2 is 2.04 bits per heavy atom. The minimum absolute atomic E-state index is 0.0788. The summed E-state index contributed by atoms with van der Waals surface area (Å²) in [5.41, 5.74) is 0.402. The lowest BCUT2D eigenvalue weighted by atomic mass is 10.2. The van der Waals surface area contributed by atoms with E-state index in [9.17, 15) is 18.0 Å². The molecule has 0 aliphatic carbocycles. The van der Waals surface area contributed by atoms with Crippen LogP contribution in [-0.4, -0.2) is 69.5 Å². The van der Waals surface area contributed by atoms with Gasteiger partial charge in [0.25, 0.3) is 10.0 Å². The number of hydrogen-bond donors (Lipinski definition) is 2. The molecule has 0 saturated carbocycles. The quantitative estimate of drug-likeness (QED) is 0.630. The van der Waals surface area contributed by atoms with Crippen LogP contribution < -0.4 is 5.32 Å². The lowest BCUT2D eigenvalue weighted by Gasteiger charge is -2.20. The zero-order valence-electron chi connectivity index (χ0n) is 13.1. The molecule has 24 heavy (non-hydrogen) atoms. The molecule has 1 atom stereocenters. The minimum Gasteiger partial charge on any atom is -0.467 e. The molecule has 1 amide bonds. The molecule has 0 aromatic heterocycles. The van der Waals surface area contributed by atoms with E-state index >= 15 is 0 Å². The first kappa shape index (κ1) is 17.9. The topological polar surface area (TPSA) is 125 Å². The van der Waals surface area contributed by atoms with Gasteiger partial charge in [-0.25, -0.2) is 4.79 Å². The molecule has 1 aromatic carbocycles. The first-order chi connectivity index (χ1) is 11.3. The lowest BCUT2D eigenvalue weighted by Crippen LogP contribution is -2.48. The van der Waals surface area contributed by atoms with Crippen molar-refractivity contribution >= 4 is 27.7 Å². The third kappa shape index (κ3) is 3.54. The van der Waals surface area contributed by atoms with Crippen LogP contribution in [0.4, 0.5) is 0 Å². The third-order valence-corrected chi connectivity index (χ3v) is 4.68. The molecule has 0 fully saturated rings. The fourth-order valence-electron chi connectivity index (χ4n) is 2.22. The molecule has 0 radical (unpaired) electrons. The number of esters is 1. The Morgan fingerprint density at radius 1 is 1.38 bits per heavy atom. The second-order valence-electron chi connectivity index (χ2n) is 5.07. The SMILES string of the molecule is COC(=O)[C@@H](CO)NC(=O)CN(C)C1=NS(=O)(=O)c2ccccc21. The number of nitrogens with zero attached hydrogens (tertiary/aromatic N) is 2. The summed E-state index contributed by atoms with van der Waals surface area (Å²) >= 11 is 0. The number of benzene rings is 1. The van der Waals surface area contributed by atoms with Crippen LogP contribution in [0.5, 0.6) is 0 Å². The summed E-state index contributed by atoms with van der Waals surface area (Å²) in [6.45, 7) is -0.865. The number of methoxy groups -OCH3 is 1. The van der Waals surface area contributed by atoms with Crippen molar-refractivity contribution in [3.63, 3.8) is 0 Å². The van der Waals surface area contributed by atoms with Crippen molar-refractivity contribution in [2.24, 2.45) is 4.40 Å². The van der Waals surface area contributed by atoms with Crippen LogP contribution in [0.15, 0.2) is 33.6 Å². The number of carbonyl (C=O) groups is 2. The zero-order valence-corrected chi connectivity index (χ0v) is 13.9. The van der Waals surface area contributed by atoms with E-state index in [-0.39, 0.29) is 17.3 Å². The van der Waals surface area contributed by atoms with Gasteiger partial charge in [-0.2, -0.15) is 8.42 Å². The number of nitrogens with one attached hydrogen (secondary N) is 1. The third-order valence-electron chi connectivity index (χ3n) is 3.36. The van der Waals surface area contributed by atoms with Gasteiger partial charge in [0.05, 0.1) is 20.3 Å². The Kier molecular flexibility index (Phi) is 5.20. The molecule has 0 spiro atoms. The van der Waals surface area contributed by atoms with Gasteiger partial charge < -0.3 is 20.1 Å². The molecule has 10 heteroatoms. The summed E-state index contributed by atoms with van der Waals surface area (Å²) in [7, 11) is -1.14. The van der Waals surface area contributed by atoms with Crippen LogP contribution >= 0.6 is 0 Å². The van der Waals surface area contributed by atoms with Crippen LogP contribution in [0.2, 0.25) is 0 Å². The highest BCUT2D eigenvalue weighted by molar-refractivity contribution is 7.90. The fourth-order valence-corrected chi connectivity index (χ4v) is 3.47. The van der Waals surface area contributed by atoms with Crippen LogP contribution in [0.1, 0.15) is 5.56 Å². The summed E-state index contributed by atoms with van der Waals surface area (Å²) in [6, 6.07) is 5.11. The summed E-state index contributed by atoms with van der Waals surface area (Å²) in [5, 5.41) is 11.4. The number of amides is 1. The molecular weight excluding hydrogens is 338 g/mol. The maximum atomic E-state index is 12.0. The average Bonchev–Trinajstić information content (AvgIpc) is 2.84. The fraction of sp³-hybridized carbons (Fsp3) is 0.357. The Morgan fingerprint density at radius 3 is 2.67 bits per heavy atom. The Labute approximate surface area is 139 Å². The molecule has 0 bridgehead atoms. The van der Waals surface area contributed by atoms with Crippen molar-refractivity contribution in [1.29, 1.82) is 0 Å². The largest absolute Gasteiger partial charge is 0.467 e. The van der Waals surface area contributed by atoms with E-state index in [1.54, 1.807) is 18.2 Å². The monoisotopic (exact) mass is 355 g/mol. The molecule has 9 nitrogen and oxygen atoms in total. The molecule has 1 aliphatic heterocycles. The van der Waals surface area contributed by atoms with Crippen molar-refractivity contribution in [2.45, 2.75) is 10.9 Å². The van der Waals surface area contributed by atoms with Crippen molar-refractivity contribution in [2.75, 3.05) is 27.3 Å². The highest BCUT2D eigenvalue weighted by atomic mass is 32.2. The van der Waals surface area contributed by atoms with Gasteiger partial charge in [0.2, 0.25) is 5.91 Å². The smallest absolute Gasteiger partial charge is 0.330 e. The van der Waals surface area contributed by atoms with E-state index in [0.717, 1.165) is 7.11 Å². The average molecular weight is 355 g/mol. The predicted octanol–water partition coefficient (Wildman–Crippen LogP) is -1.28. The molecule has 0 saturated heterocycles. The van der Waals surface area contributed by atoms with Gasteiger partial charge in [-0.3, -0.25) is 4.79 Å². The summed E-state index contributed by atoms with van der Waals surface area (Å²) in [4.78, 5) is 24.8. The van der Waals surface area contributed by atoms with Crippen LogP contribution in [0.25, 0.3) is 0 Å². The number of sulfonamides is 1. The molecule has 2 N–H and O–H groups in total. The van der Waals surface area contributed by atoms with E-state index < -0.39 is 34.5 Å². The van der Waals surface area contributed by atoms with E-state index in [1.807, 2.05) is 0 Å². The molecule has 130 valence electrons. The standard InChI is InChI=1S/C14H17N3O6S/c1-17(7-12(19)15-10(8-18)14(20)23-2)13-9-5-3-4-6-11(9)24(21,22)16-13/h3-6,10,18H,7-8H2,1-2H3,(H,15,19)/t10-/m1/s1. The van der Waals surface area contributed by atoms with Gasteiger partial charge in [-0.15, -0.1) is 4.40 Å². The zero-order chi connectivity index (χ0) is 17.9. The van der Waals surface area contributed by atoms with Gasteiger partial charge in [-0.1, -0.05) is 12.1 Å². The minimum atomic E-state index is -3.78.